The van der Waals surface area contributed by atoms with Crippen LogP contribution in [0.2, 0.25) is 0 Å². The molecular formula is C67H110O5. The maximum Gasteiger partial charge on any atom is 0.306 e. The van der Waals surface area contributed by atoms with Crippen LogP contribution in [-0.4, -0.2) is 36.4 Å². The molecule has 0 amide bonds. The van der Waals surface area contributed by atoms with Crippen LogP contribution >= 0.6 is 0 Å². The Labute approximate surface area is 445 Å². The van der Waals surface area contributed by atoms with Gasteiger partial charge in [0, 0.05) is 12.8 Å². The molecule has 0 spiro atoms. The summed E-state index contributed by atoms with van der Waals surface area (Å²) in [4.78, 5) is 24.6. The van der Waals surface area contributed by atoms with Gasteiger partial charge in [-0.15, -0.1) is 0 Å². The van der Waals surface area contributed by atoms with E-state index in [0.717, 1.165) is 116 Å². The van der Waals surface area contributed by atoms with Crippen LogP contribution in [0.1, 0.15) is 258 Å². The van der Waals surface area contributed by atoms with Crippen LogP contribution in [0, 0.1) is 0 Å². The molecule has 0 heterocycles. The molecule has 0 aliphatic rings. The Morgan fingerprint density at radius 3 is 0.833 bits per heavy atom. The molecule has 1 unspecified atom stereocenters. The number of aliphatic hydroxyl groups excluding tert-OH is 1. The van der Waals surface area contributed by atoms with Gasteiger partial charge in [0.1, 0.15) is 6.61 Å². The van der Waals surface area contributed by atoms with E-state index in [1.54, 1.807) is 0 Å². The van der Waals surface area contributed by atoms with E-state index in [-0.39, 0.29) is 25.2 Å². The molecule has 0 saturated heterocycles. The zero-order chi connectivity index (χ0) is 52.0. The van der Waals surface area contributed by atoms with E-state index in [4.69, 9.17) is 9.47 Å². The average Bonchev–Trinajstić information content (AvgIpc) is 3.38. The predicted molar refractivity (Wildman–Crippen MR) is 315 cm³/mol. The number of allylic oxidation sites excluding steroid dienone is 22. The van der Waals surface area contributed by atoms with Gasteiger partial charge in [0.15, 0.2) is 6.10 Å². The molecule has 408 valence electrons. The van der Waals surface area contributed by atoms with E-state index >= 15 is 0 Å². The first kappa shape index (κ1) is 68.0. The number of unbranched alkanes of at least 4 members (excludes halogenated alkanes) is 23. The summed E-state index contributed by atoms with van der Waals surface area (Å²) in [6, 6.07) is 0. The highest BCUT2D eigenvalue weighted by Crippen LogP contribution is 2.16. The molecule has 0 saturated carbocycles. The predicted octanol–water partition coefficient (Wildman–Crippen LogP) is 20.4. The van der Waals surface area contributed by atoms with Crippen molar-refractivity contribution < 1.29 is 24.2 Å². The summed E-state index contributed by atoms with van der Waals surface area (Å²) in [5.41, 5.74) is 0. The van der Waals surface area contributed by atoms with Crippen LogP contribution in [0.25, 0.3) is 0 Å². The van der Waals surface area contributed by atoms with E-state index in [9.17, 15) is 14.7 Å². The lowest BCUT2D eigenvalue weighted by Crippen LogP contribution is -2.28. The molecule has 0 bridgehead atoms. The second-order valence-corrected chi connectivity index (χ2v) is 19.3. The first-order valence-electron chi connectivity index (χ1n) is 29.7. The van der Waals surface area contributed by atoms with Crippen LogP contribution in [0.5, 0.6) is 0 Å². The third kappa shape index (κ3) is 58.6. The fourth-order valence-corrected chi connectivity index (χ4v) is 8.06. The van der Waals surface area contributed by atoms with Crippen LogP contribution in [-0.2, 0) is 19.1 Å². The van der Waals surface area contributed by atoms with Crippen molar-refractivity contribution in [1.82, 2.24) is 0 Å². The minimum atomic E-state index is -0.788. The van der Waals surface area contributed by atoms with Gasteiger partial charge in [0.2, 0.25) is 0 Å². The molecule has 0 fully saturated rings. The molecule has 0 aromatic rings. The Bertz CT molecular complexity index is 1500. The second-order valence-electron chi connectivity index (χ2n) is 19.3. The third-order valence-electron chi connectivity index (χ3n) is 12.4. The lowest BCUT2D eigenvalue weighted by atomic mass is 10.0. The minimum Gasteiger partial charge on any atom is -0.462 e. The van der Waals surface area contributed by atoms with Crippen LogP contribution < -0.4 is 0 Å². The number of hydrogen-bond acceptors (Lipinski definition) is 5. The van der Waals surface area contributed by atoms with Crippen LogP contribution in [0.4, 0.5) is 0 Å². The first-order chi connectivity index (χ1) is 35.6. The van der Waals surface area contributed by atoms with Crippen molar-refractivity contribution in [3.05, 3.63) is 134 Å². The Hall–Kier alpha value is -3.96. The van der Waals surface area contributed by atoms with Gasteiger partial charge < -0.3 is 14.6 Å². The number of ether oxygens (including phenoxy) is 2. The summed E-state index contributed by atoms with van der Waals surface area (Å²) < 4.78 is 10.7. The second kappa shape index (κ2) is 61.3. The van der Waals surface area contributed by atoms with Gasteiger partial charge in [-0.1, -0.05) is 270 Å². The Balaban J connectivity index is 3.55. The molecule has 1 atom stereocenters. The zero-order valence-corrected chi connectivity index (χ0v) is 46.6. The number of hydrogen-bond donors (Lipinski definition) is 1. The SMILES string of the molecule is CC/C=C\C/C=C\C/C=C\C/C=C\C/C=C\C/C=C\C/C=C\CCCCCCCCCC(=O)OC(CO)COC(=O)CCCCCCCCCCCCCCCCCC/C=C\C/C=C\C/C=C\C/C=C\CC. The number of aliphatic hydroxyl groups is 1. The van der Waals surface area contributed by atoms with E-state index in [1.165, 1.54) is 116 Å². The van der Waals surface area contributed by atoms with Gasteiger partial charge in [0.25, 0.3) is 0 Å². The van der Waals surface area contributed by atoms with Gasteiger partial charge >= 0.3 is 11.9 Å². The molecule has 72 heavy (non-hydrogen) atoms. The molecular weight excluding hydrogens is 885 g/mol. The van der Waals surface area contributed by atoms with E-state index in [0.29, 0.717) is 12.8 Å². The summed E-state index contributed by atoms with van der Waals surface area (Å²) in [5, 5.41) is 9.67. The van der Waals surface area contributed by atoms with Crippen LogP contribution in [0.3, 0.4) is 0 Å². The molecule has 0 aromatic carbocycles. The molecule has 5 heteroatoms. The molecule has 0 aliphatic heterocycles. The van der Waals surface area contributed by atoms with Crippen molar-refractivity contribution in [3.63, 3.8) is 0 Å². The van der Waals surface area contributed by atoms with E-state index in [2.05, 4.69) is 148 Å². The zero-order valence-electron chi connectivity index (χ0n) is 46.6. The van der Waals surface area contributed by atoms with E-state index in [1.807, 2.05) is 0 Å². The van der Waals surface area contributed by atoms with Crippen molar-refractivity contribution in [3.8, 4) is 0 Å². The van der Waals surface area contributed by atoms with Crippen molar-refractivity contribution >= 4 is 11.9 Å². The molecule has 5 nitrogen and oxygen atoms in total. The van der Waals surface area contributed by atoms with Gasteiger partial charge in [-0.2, -0.15) is 0 Å². The van der Waals surface area contributed by atoms with Gasteiger partial charge in [-0.25, -0.2) is 0 Å². The lowest BCUT2D eigenvalue weighted by Gasteiger charge is -2.15. The summed E-state index contributed by atoms with van der Waals surface area (Å²) >= 11 is 0. The maximum absolute atomic E-state index is 12.3. The maximum atomic E-state index is 12.3. The normalized spacial score (nSPS) is 13.2. The topological polar surface area (TPSA) is 72.8 Å². The summed E-state index contributed by atoms with van der Waals surface area (Å²) in [6.07, 6.45) is 91.4. The average molecular weight is 996 g/mol. The Morgan fingerprint density at radius 2 is 0.556 bits per heavy atom. The smallest absolute Gasteiger partial charge is 0.306 e. The van der Waals surface area contributed by atoms with Gasteiger partial charge in [-0.3, -0.25) is 9.59 Å². The highest BCUT2D eigenvalue weighted by atomic mass is 16.6. The minimum absolute atomic E-state index is 0.0769. The number of carbonyl (C=O) groups is 2. The van der Waals surface area contributed by atoms with Crippen molar-refractivity contribution in [2.45, 2.75) is 264 Å². The first-order valence-corrected chi connectivity index (χ1v) is 29.7. The number of esters is 2. The number of rotatable bonds is 53. The Kier molecular flexibility index (Phi) is 58.0. The summed E-state index contributed by atoms with van der Waals surface area (Å²) in [5.74, 6) is -0.606. The lowest BCUT2D eigenvalue weighted by molar-refractivity contribution is -0.161. The third-order valence-corrected chi connectivity index (χ3v) is 12.4. The Morgan fingerprint density at radius 1 is 0.319 bits per heavy atom. The molecule has 0 aliphatic carbocycles. The highest BCUT2D eigenvalue weighted by molar-refractivity contribution is 5.70. The standard InChI is InChI=1S/C67H110O5/c1-3-5-7-9-11-13-15-17-19-21-23-25-27-29-31-33-35-37-39-41-43-45-47-49-51-53-55-57-59-61-66(69)71-64-65(63-68)72-67(70)62-60-58-56-54-52-50-48-46-44-42-40-38-36-34-32-30-28-26-24-22-20-18-16-14-12-10-8-6-4-2/h5-8,11-14,17-20,23-26,30,32,36,38,42,44,65,68H,3-4,9-10,15-16,21-22,27-29,31,33-35,37,39-41,43,45-64H2,1-2H3/b7-5-,8-6-,13-11-,14-12-,19-17-,20-18-,25-23-,26-24-,32-30-,38-36-,44-42-. The van der Waals surface area contributed by atoms with Crippen molar-refractivity contribution in [1.29, 1.82) is 0 Å². The van der Waals surface area contributed by atoms with Crippen molar-refractivity contribution in [2.24, 2.45) is 0 Å². The van der Waals surface area contributed by atoms with Crippen LogP contribution in [0.15, 0.2) is 134 Å². The summed E-state index contributed by atoms with van der Waals surface area (Å²) in [6.45, 7) is 3.91. The molecule has 0 rings (SSSR count). The fraction of sp³-hybridized carbons (Fsp3) is 0.642. The van der Waals surface area contributed by atoms with Crippen molar-refractivity contribution in [2.75, 3.05) is 13.2 Å². The monoisotopic (exact) mass is 995 g/mol. The quantitative estimate of drug-likeness (QED) is 0.0373. The molecule has 1 N–H and O–H groups in total. The number of carbonyl (C=O) groups excluding carboxylic acids is 2. The molecule has 0 aromatic heterocycles. The highest BCUT2D eigenvalue weighted by Gasteiger charge is 2.16. The van der Waals surface area contributed by atoms with Gasteiger partial charge in [0.05, 0.1) is 6.61 Å². The van der Waals surface area contributed by atoms with E-state index < -0.39 is 6.10 Å². The van der Waals surface area contributed by atoms with Gasteiger partial charge in [-0.05, 0) is 109 Å². The summed E-state index contributed by atoms with van der Waals surface area (Å²) in [7, 11) is 0. The fourth-order valence-electron chi connectivity index (χ4n) is 8.06. The molecule has 0 radical (unpaired) electrons. The largest absolute Gasteiger partial charge is 0.462 e.